The third-order valence-corrected chi connectivity index (χ3v) is 3.12. The Hall–Kier alpha value is -1.76. The predicted octanol–water partition coefficient (Wildman–Crippen LogP) is 1.17. The van der Waals surface area contributed by atoms with Crippen molar-refractivity contribution in [2.75, 3.05) is 6.61 Å². The Balaban J connectivity index is 2.39. The Kier molecular flexibility index (Phi) is 3.94. The normalized spacial score (nSPS) is 11.1. The summed E-state index contributed by atoms with van der Waals surface area (Å²) in [5.74, 6) is 1.02. The van der Waals surface area contributed by atoms with E-state index in [2.05, 4.69) is 10.1 Å². The average Bonchev–Trinajstić information content (AvgIpc) is 2.87. The number of aryl methyl sites for hydroxylation is 2. The molecule has 1 amide bonds. The number of imidazole rings is 1. The molecule has 2 aromatic rings. The van der Waals surface area contributed by atoms with Crippen LogP contribution in [0.4, 0.5) is 4.79 Å². The topological polar surface area (TPSA) is 88.0 Å². The van der Waals surface area contributed by atoms with Crippen LogP contribution in [0.5, 0.6) is 0 Å². The van der Waals surface area contributed by atoms with E-state index in [1.165, 1.54) is 0 Å². The maximum Gasteiger partial charge on any atom is 0.404 e. The second kappa shape index (κ2) is 5.48. The molecule has 0 atom stereocenters. The summed E-state index contributed by atoms with van der Waals surface area (Å²) >= 11 is 5.90. The van der Waals surface area contributed by atoms with Crippen molar-refractivity contribution >= 4 is 28.9 Å². The highest BCUT2D eigenvalue weighted by atomic mass is 35.5. The molecule has 8 heteroatoms. The maximum absolute atomic E-state index is 10.6. The second-order valence-corrected chi connectivity index (χ2v) is 4.34. The molecule has 2 N–H and O–H groups in total. The number of primary amides is 1. The van der Waals surface area contributed by atoms with Crippen LogP contribution in [-0.4, -0.2) is 32.0 Å². The van der Waals surface area contributed by atoms with Crippen LogP contribution in [0.25, 0.3) is 11.2 Å². The van der Waals surface area contributed by atoms with Crippen LogP contribution in [0.3, 0.4) is 0 Å². The molecule has 2 aromatic heterocycles. The first kappa shape index (κ1) is 13.7. The number of nitrogens with two attached hydrogens (primary N) is 1. The number of ether oxygens (including phenoxy) is 1. The molecule has 104 valence electrons. The lowest BCUT2D eigenvalue weighted by Gasteiger charge is -2.07. The van der Waals surface area contributed by atoms with E-state index in [0.717, 1.165) is 29.1 Å². The molecule has 19 heavy (non-hydrogen) atoms. The van der Waals surface area contributed by atoms with Gasteiger partial charge in [0.15, 0.2) is 5.65 Å². The molecule has 0 saturated heterocycles. The minimum atomic E-state index is -0.789. The highest BCUT2D eigenvalue weighted by Gasteiger charge is 2.17. The molecule has 0 bridgehead atoms. The fourth-order valence-electron chi connectivity index (χ4n) is 2.10. The second-order valence-electron chi connectivity index (χ2n) is 4.08. The van der Waals surface area contributed by atoms with Gasteiger partial charge < -0.3 is 15.0 Å². The summed E-state index contributed by atoms with van der Waals surface area (Å²) < 4.78 is 8.42. The van der Waals surface area contributed by atoms with Gasteiger partial charge in [-0.3, -0.25) is 4.68 Å². The minimum absolute atomic E-state index is 0.178. The Morgan fingerprint density at radius 3 is 2.84 bits per heavy atom. The van der Waals surface area contributed by atoms with Gasteiger partial charge in [0, 0.05) is 7.05 Å². The number of amides is 1. The SMILES string of the molecule is CCc1nn(C)c2c1nc(CCl)n2CCOC(N)=O. The molecular weight excluding hydrogens is 270 g/mol. The van der Waals surface area contributed by atoms with Gasteiger partial charge in [0.05, 0.1) is 18.1 Å². The number of rotatable bonds is 5. The van der Waals surface area contributed by atoms with Gasteiger partial charge in [-0.25, -0.2) is 9.78 Å². The molecule has 7 nitrogen and oxygen atoms in total. The summed E-state index contributed by atoms with van der Waals surface area (Å²) in [6.45, 7) is 2.65. The molecule has 0 spiro atoms. The van der Waals surface area contributed by atoms with Crippen LogP contribution < -0.4 is 5.73 Å². The molecular formula is C11H16ClN5O2. The Bertz CT molecular complexity index is 604. The number of alkyl halides is 1. The first-order valence-corrected chi connectivity index (χ1v) is 6.51. The zero-order valence-electron chi connectivity index (χ0n) is 10.9. The number of fused-ring (bicyclic) bond motifs is 1. The number of carbonyl (C=O) groups excluding carboxylic acids is 1. The van der Waals surface area contributed by atoms with Gasteiger partial charge in [-0.2, -0.15) is 5.10 Å². The number of nitrogens with zero attached hydrogens (tertiary/aromatic N) is 4. The van der Waals surface area contributed by atoms with Crippen LogP contribution in [-0.2, 0) is 30.6 Å². The molecule has 0 aliphatic rings. The van der Waals surface area contributed by atoms with Crippen molar-refractivity contribution in [2.45, 2.75) is 25.8 Å². The molecule has 0 fully saturated rings. The fraction of sp³-hybridized carbons (Fsp3) is 0.545. The molecule has 0 radical (unpaired) electrons. The quantitative estimate of drug-likeness (QED) is 0.835. The van der Waals surface area contributed by atoms with Crippen molar-refractivity contribution in [2.24, 2.45) is 12.8 Å². The number of hydrogen-bond acceptors (Lipinski definition) is 4. The highest BCUT2D eigenvalue weighted by molar-refractivity contribution is 6.16. The summed E-state index contributed by atoms with van der Waals surface area (Å²) in [6.07, 6.45) is 0.0106. The van der Waals surface area contributed by atoms with Crippen LogP contribution in [0.15, 0.2) is 0 Å². The summed E-state index contributed by atoms with van der Waals surface area (Å²) in [5.41, 5.74) is 7.59. The van der Waals surface area contributed by atoms with Crippen molar-refractivity contribution in [3.63, 3.8) is 0 Å². The Morgan fingerprint density at radius 2 is 2.26 bits per heavy atom. The number of hydrogen-bond donors (Lipinski definition) is 1. The monoisotopic (exact) mass is 285 g/mol. The molecule has 0 aliphatic heterocycles. The number of halogens is 1. The van der Waals surface area contributed by atoms with E-state index in [4.69, 9.17) is 22.1 Å². The van der Waals surface area contributed by atoms with Crippen molar-refractivity contribution in [3.8, 4) is 0 Å². The van der Waals surface area contributed by atoms with Crippen molar-refractivity contribution in [3.05, 3.63) is 11.5 Å². The van der Waals surface area contributed by atoms with Gasteiger partial charge in [0.1, 0.15) is 17.9 Å². The highest BCUT2D eigenvalue weighted by Crippen LogP contribution is 2.20. The number of carbonyl (C=O) groups is 1. The lowest BCUT2D eigenvalue weighted by atomic mass is 10.3. The summed E-state index contributed by atoms with van der Waals surface area (Å²) in [5, 5.41) is 4.41. The predicted molar refractivity (Wildman–Crippen MR) is 71.0 cm³/mol. The molecule has 2 rings (SSSR count). The van der Waals surface area contributed by atoms with Gasteiger partial charge in [-0.15, -0.1) is 11.6 Å². The summed E-state index contributed by atoms with van der Waals surface area (Å²) in [7, 11) is 1.85. The van der Waals surface area contributed by atoms with Crippen LogP contribution in [0.1, 0.15) is 18.4 Å². The third kappa shape index (κ3) is 2.51. The van der Waals surface area contributed by atoms with E-state index in [1.807, 2.05) is 18.5 Å². The zero-order valence-corrected chi connectivity index (χ0v) is 11.6. The van der Waals surface area contributed by atoms with E-state index < -0.39 is 6.09 Å². The minimum Gasteiger partial charge on any atom is -0.448 e. The zero-order chi connectivity index (χ0) is 14.0. The van der Waals surface area contributed by atoms with Crippen LogP contribution in [0.2, 0.25) is 0 Å². The fourth-order valence-corrected chi connectivity index (χ4v) is 2.30. The molecule has 0 saturated carbocycles. The third-order valence-electron chi connectivity index (χ3n) is 2.88. The van der Waals surface area contributed by atoms with E-state index >= 15 is 0 Å². The molecule has 0 aromatic carbocycles. The Morgan fingerprint density at radius 1 is 1.53 bits per heavy atom. The van der Waals surface area contributed by atoms with Crippen molar-refractivity contribution in [1.82, 2.24) is 19.3 Å². The van der Waals surface area contributed by atoms with E-state index in [0.29, 0.717) is 6.54 Å². The first-order chi connectivity index (χ1) is 9.08. The lowest BCUT2D eigenvalue weighted by molar-refractivity contribution is 0.152. The van der Waals surface area contributed by atoms with Gasteiger partial charge in [0.25, 0.3) is 0 Å². The Labute approximate surface area is 115 Å². The van der Waals surface area contributed by atoms with Crippen LogP contribution >= 0.6 is 11.6 Å². The standard InChI is InChI=1S/C11H16ClN5O2/c1-3-7-9-10(16(2)15-7)17(8(6-12)14-9)4-5-19-11(13)18/h3-6H2,1-2H3,(H2,13,18). The largest absolute Gasteiger partial charge is 0.448 e. The van der Waals surface area contributed by atoms with Gasteiger partial charge in [-0.1, -0.05) is 6.92 Å². The summed E-state index contributed by atoms with van der Waals surface area (Å²) in [6, 6.07) is 0. The average molecular weight is 286 g/mol. The molecule has 0 unspecified atom stereocenters. The molecule has 2 heterocycles. The summed E-state index contributed by atoms with van der Waals surface area (Å²) in [4.78, 5) is 15.1. The van der Waals surface area contributed by atoms with Gasteiger partial charge in [0.2, 0.25) is 0 Å². The van der Waals surface area contributed by atoms with E-state index in [1.54, 1.807) is 4.68 Å². The van der Waals surface area contributed by atoms with Gasteiger partial charge in [-0.05, 0) is 6.42 Å². The van der Waals surface area contributed by atoms with Gasteiger partial charge >= 0.3 is 6.09 Å². The molecule has 0 aliphatic carbocycles. The number of aromatic nitrogens is 4. The van der Waals surface area contributed by atoms with Crippen LogP contribution in [0, 0.1) is 0 Å². The smallest absolute Gasteiger partial charge is 0.404 e. The van der Waals surface area contributed by atoms with E-state index in [-0.39, 0.29) is 12.5 Å². The van der Waals surface area contributed by atoms with Crippen molar-refractivity contribution < 1.29 is 9.53 Å². The maximum atomic E-state index is 10.6. The lowest BCUT2D eigenvalue weighted by Crippen LogP contribution is -2.18. The van der Waals surface area contributed by atoms with E-state index in [9.17, 15) is 4.79 Å². The van der Waals surface area contributed by atoms with Crippen molar-refractivity contribution in [1.29, 1.82) is 0 Å². The first-order valence-electron chi connectivity index (χ1n) is 5.97.